The number of ether oxygens (including phenoxy) is 1. The number of hydrogen-bond donors (Lipinski definition) is 1. The van der Waals surface area contributed by atoms with Crippen LogP contribution in [-0.2, 0) is 4.74 Å². The van der Waals surface area contributed by atoms with Crippen molar-refractivity contribution in [3.63, 3.8) is 0 Å². The topological polar surface area (TPSA) is 38.5 Å². The van der Waals surface area contributed by atoms with Gasteiger partial charge >= 0.3 is 0 Å². The van der Waals surface area contributed by atoms with Crippen molar-refractivity contribution in [3.8, 4) is 0 Å². The van der Waals surface area contributed by atoms with Gasteiger partial charge in [-0.1, -0.05) is 12.8 Å². The van der Waals surface area contributed by atoms with Gasteiger partial charge in [-0.05, 0) is 45.4 Å². The van der Waals surface area contributed by atoms with E-state index in [-0.39, 0.29) is 5.60 Å². The van der Waals surface area contributed by atoms with Crippen LogP contribution in [0.3, 0.4) is 0 Å². The summed E-state index contributed by atoms with van der Waals surface area (Å²) in [4.78, 5) is 2.56. The zero-order valence-corrected chi connectivity index (χ0v) is 11.7. The molecule has 0 amide bonds. The first-order valence-corrected chi connectivity index (χ1v) is 7.84. The van der Waals surface area contributed by atoms with Crippen molar-refractivity contribution in [1.29, 1.82) is 0 Å². The number of nitrogens with zero attached hydrogens (tertiary/aromatic N) is 1. The molecule has 0 bridgehead atoms. The monoisotopic (exact) mass is 252 g/mol. The van der Waals surface area contributed by atoms with E-state index in [9.17, 15) is 0 Å². The van der Waals surface area contributed by atoms with Crippen LogP contribution in [-0.4, -0.2) is 41.8 Å². The lowest BCUT2D eigenvalue weighted by molar-refractivity contribution is -0.0539. The van der Waals surface area contributed by atoms with Crippen molar-refractivity contribution >= 4 is 0 Å². The average molecular weight is 252 g/mol. The second-order valence-electron chi connectivity index (χ2n) is 6.81. The van der Waals surface area contributed by atoms with Crippen LogP contribution in [0, 0.1) is 0 Å². The van der Waals surface area contributed by atoms with Crippen molar-refractivity contribution in [1.82, 2.24) is 4.90 Å². The van der Waals surface area contributed by atoms with Gasteiger partial charge in [-0.25, -0.2) is 0 Å². The van der Waals surface area contributed by atoms with E-state index in [0.29, 0.717) is 18.2 Å². The van der Waals surface area contributed by atoms with Gasteiger partial charge in [-0.15, -0.1) is 0 Å². The van der Waals surface area contributed by atoms with E-state index in [2.05, 4.69) is 11.8 Å². The van der Waals surface area contributed by atoms with Crippen LogP contribution in [0.2, 0.25) is 0 Å². The molecule has 3 unspecified atom stereocenters. The Balaban J connectivity index is 1.54. The van der Waals surface area contributed by atoms with Crippen molar-refractivity contribution in [2.75, 3.05) is 13.1 Å². The maximum atomic E-state index is 6.41. The fourth-order valence-corrected chi connectivity index (χ4v) is 4.14. The number of likely N-dealkylation sites (tertiary alicyclic amines) is 1. The summed E-state index contributed by atoms with van der Waals surface area (Å²) in [5.41, 5.74) is 6.38. The number of hydrogen-bond acceptors (Lipinski definition) is 3. The van der Waals surface area contributed by atoms with Gasteiger partial charge in [-0.3, -0.25) is 4.90 Å². The molecule has 3 aliphatic rings. The maximum absolute atomic E-state index is 6.41. The predicted molar refractivity (Wildman–Crippen MR) is 73.6 cm³/mol. The van der Waals surface area contributed by atoms with E-state index < -0.39 is 0 Å². The number of piperidine rings is 1. The second kappa shape index (κ2) is 5.10. The van der Waals surface area contributed by atoms with Crippen LogP contribution in [0.15, 0.2) is 0 Å². The molecule has 0 aromatic heterocycles. The Hall–Kier alpha value is -0.120. The normalized spacial score (nSPS) is 40.7. The summed E-state index contributed by atoms with van der Waals surface area (Å²) < 4.78 is 6.41. The van der Waals surface area contributed by atoms with E-state index >= 15 is 0 Å². The molecular formula is C15H28N2O. The van der Waals surface area contributed by atoms with Crippen molar-refractivity contribution in [3.05, 3.63) is 0 Å². The molecular weight excluding hydrogens is 224 g/mol. The molecule has 104 valence electrons. The van der Waals surface area contributed by atoms with Gasteiger partial charge in [0.25, 0.3) is 0 Å². The summed E-state index contributed by atoms with van der Waals surface area (Å²) >= 11 is 0. The SMILES string of the molecule is CC1CCC(N)CN1CC1CCC2(CCCC2)O1. The summed E-state index contributed by atoms with van der Waals surface area (Å²) in [7, 11) is 0. The van der Waals surface area contributed by atoms with Crippen LogP contribution in [0.4, 0.5) is 0 Å². The predicted octanol–water partition coefficient (Wildman–Crippen LogP) is 2.29. The summed E-state index contributed by atoms with van der Waals surface area (Å²) in [6.07, 6.45) is 10.8. The molecule has 3 heteroatoms. The lowest BCUT2D eigenvalue weighted by Crippen LogP contribution is -2.50. The molecule has 2 aliphatic heterocycles. The molecule has 3 atom stereocenters. The Morgan fingerprint density at radius 2 is 1.94 bits per heavy atom. The minimum absolute atomic E-state index is 0.284. The lowest BCUT2D eigenvalue weighted by Gasteiger charge is -2.38. The third-order valence-electron chi connectivity index (χ3n) is 5.34. The van der Waals surface area contributed by atoms with Crippen molar-refractivity contribution in [2.24, 2.45) is 5.73 Å². The zero-order chi connectivity index (χ0) is 12.6. The van der Waals surface area contributed by atoms with E-state index in [4.69, 9.17) is 10.5 Å². The molecule has 3 rings (SSSR count). The third kappa shape index (κ3) is 2.59. The largest absolute Gasteiger partial charge is 0.370 e. The molecule has 1 spiro atoms. The van der Waals surface area contributed by atoms with Gasteiger partial charge in [0.1, 0.15) is 0 Å². The maximum Gasteiger partial charge on any atom is 0.0710 e. The van der Waals surface area contributed by atoms with Gasteiger partial charge in [0.05, 0.1) is 11.7 Å². The van der Waals surface area contributed by atoms with E-state index in [1.54, 1.807) is 0 Å². The molecule has 3 nitrogen and oxygen atoms in total. The summed E-state index contributed by atoms with van der Waals surface area (Å²) in [5, 5.41) is 0. The van der Waals surface area contributed by atoms with Gasteiger partial charge in [-0.2, -0.15) is 0 Å². The van der Waals surface area contributed by atoms with Crippen molar-refractivity contribution < 1.29 is 4.74 Å². The molecule has 2 heterocycles. The fraction of sp³-hybridized carbons (Fsp3) is 1.00. The quantitative estimate of drug-likeness (QED) is 0.819. The highest BCUT2D eigenvalue weighted by atomic mass is 16.5. The summed E-state index contributed by atoms with van der Waals surface area (Å²) in [5.74, 6) is 0. The van der Waals surface area contributed by atoms with Crippen molar-refractivity contribution in [2.45, 2.75) is 82.1 Å². The smallest absolute Gasteiger partial charge is 0.0710 e. The van der Waals surface area contributed by atoms with Gasteiger partial charge < -0.3 is 10.5 Å². The molecule has 0 aromatic rings. The summed E-state index contributed by atoms with van der Waals surface area (Å²) in [6.45, 7) is 4.51. The highest BCUT2D eigenvalue weighted by Crippen LogP contribution is 2.43. The number of nitrogens with two attached hydrogens (primary N) is 1. The summed E-state index contributed by atoms with van der Waals surface area (Å²) in [6, 6.07) is 1.07. The third-order valence-corrected chi connectivity index (χ3v) is 5.34. The average Bonchev–Trinajstić information content (AvgIpc) is 2.95. The Kier molecular flexibility index (Phi) is 3.65. The molecule has 18 heavy (non-hydrogen) atoms. The minimum Gasteiger partial charge on any atom is -0.370 e. The molecule has 2 N–H and O–H groups in total. The van der Waals surface area contributed by atoms with Crippen LogP contribution >= 0.6 is 0 Å². The van der Waals surface area contributed by atoms with Gasteiger partial charge in [0, 0.05) is 25.2 Å². The Labute approximate surface area is 111 Å². The van der Waals surface area contributed by atoms with Gasteiger partial charge in [0.15, 0.2) is 0 Å². The Bertz CT molecular complexity index is 288. The Morgan fingerprint density at radius 3 is 2.72 bits per heavy atom. The first kappa shape index (κ1) is 12.9. The molecule has 2 saturated heterocycles. The van der Waals surface area contributed by atoms with Crippen LogP contribution in [0.5, 0.6) is 0 Å². The molecule has 1 saturated carbocycles. The minimum atomic E-state index is 0.284. The first-order chi connectivity index (χ1) is 8.67. The fourth-order valence-electron chi connectivity index (χ4n) is 4.14. The number of rotatable bonds is 2. The lowest BCUT2D eigenvalue weighted by atomic mass is 9.97. The van der Waals surface area contributed by atoms with Crippen LogP contribution in [0.25, 0.3) is 0 Å². The molecule has 0 radical (unpaired) electrons. The molecule has 3 fully saturated rings. The Morgan fingerprint density at radius 1 is 1.17 bits per heavy atom. The second-order valence-corrected chi connectivity index (χ2v) is 6.81. The van der Waals surface area contributed by atoms with Crippen LogP contribution < -0.4 is 5.73 Å². The highest BCUT2D eigenvalue weighted by Gasteiger charge is 2.42. The zero-order valence-electron chi connectivity index (χ0n) is 11.7. The van der Waals surface area contributed by atoms with E-state index in [0.717, 1.165) is 13.1 Å². The standard InChI is InChI=1S/C15H28N2O/c1-12-4-5-13(16)10-17(12)11-14-6-9-15(18-14)7-2-3-8-15/h12-14H,2-11,16H2,1H3. The van der Waals surface area contributed by atoms with E-state index in [1.807, 2.05) is 0 Å². The molecule has 1 aliphatic carbocycles. The van der Waals surface area contributed by atoms with E-state index in [1.165, 1.54) is 51.4 Å². The molecule has 0 aromatic carbocycles. The van der Waals surface area contributed by atoms with Crippen LogP contribution in [0.1, 0.15) is 58.3 Å². The highest BCUT2D eigenvalue weighted by molar-refractivity contribution is 4.94. The first-order valence-electron chi connectivity index (χ1n) is 7.84. The van der Waals surface area contributed by atoms with Gasteiger partial charge in [0.2, 0.25) is 0 Å².